The molecule has 0 aromatic heterocycles. The lowest BCUT2D eigenvalue weighted by atomic mass is 10.0. The molecule has 766 valence electrons. The van der Waals surface area contributed by atoms with Crippen LogP contribution in [-0.4, -0.2) is 133 Å². The van der Waals surface area contributed by atoms with Crippen LogP contribution in [0.15, 0.2) is 206 Å². The van der Waals surface area contributed by atoms with E-state index in [2.05, 4.69) is 14.4 Å². The smallest absolute Gasteiger partial charge is 0.496 e. The second-order valence-electron chi connectivity index (χ2n) is 28.0. The first-order valence-electron chi connectivity index (χ1n) is 43.4. The van der Waals surface area contributed by atoms with E-state index in [-0.39, 0.29) is 166 Å². The molecule has 1 heterocycles. The van der Waals surface area contributed by atoms with Crippen molar-refractivity contribution >= 4 is 104 Å². The normalized spacial score (nSPS) is 13.6. The molecule has 9 aromatic rings. The molecule has 143 heavy (non-hydrogen) atoms. The average Bonchev–Trinajstić information content (AvgIpc) is 1.81. The summed E-state index contributed by atoms with van der Waals surface area (Å²) in [6.07, 6.45) is 13.7. The van der Waals surface area contributed by atoms with Crippen LogP contribution in [0.5, 0.6) is 57.5 Å². The summed E-state index contributed by atoms with van der Waals surface area (Å²) in [5, 5.41) is 2.63. The van der Waals surface area contributed by atoms with Crippen LogP contribution in [0.2, 0.25) is 0 Å². The number of rotatable bonds is 47. The lowest BCUT2D eigenvalue weighted by Crippen LogP contribution is -2.14. The summed E-state index contributed by atoms with van der Waals surface area (Å²) < 4.78 is 189. The minimum Gasteiger partial charge on any atom is -0.496 e. The fourth-order valence-corrected chi connectivity index (χ4v) is 17.2. The van der Waals surface area contributed by atoms with Gasteiger partial charge >= 0.3 is 86.9 Å². The Kier molecular flexibility index (Phi) is 50.5. The lowest BCUT2D eigenvalue weighted by molar-refractivity contribution is -0.132. The van der Waals surface area contributed by atoms with E-state index in [4.69, 9.17) is 119 Å². The SMILES string of the molecule is C#COP(=O)(OCC)OCc1ccc(OC(=O)c2ccccc2OC(C)=O)cc1.C#COP(=O)(OCC)OCc1ccc(OC(=O)c2ccccc2OC(C)=O)cc1OC.CCOP(=O)(OCC)OCc1cc(OC(=O)c2ccccc2OC(C)=O)ccc1OC.CCOP(=O)(OCC)OCc1cccc(OC(=O)c2ccccc2OC(C)=O)c1.CCOP1(=O)OCC(CCC(=O)c2ccccc2NC(C)=O)O1. The van der Waals surface area contributed by atoms with Gasteiger partial charge in [0, 0.05) is 63.8 Å². The fourth-order valence-electron chi connectivity index (χ4n) is 11.7. The maximum absolute atomic E-state index is 12.6. The Balaban J connectivity index is 0.000000274. The molecular formula is C97H108NO40P5. The van der Waals surface area contributed by atoms with Gasteiger partial charge < -0.3 is 61.7 Å². The van der Waals surface area contributed by atoms with E-state index in [1.54, 1.807) is 182 Å². The molecule has 1 aliphatic heterocycles. The zero-order valence-electron chi connectivity index (χ0n) is 80.3. The highest BCUT2D eigenvalue weighted by Gasteiger charge is 2.39. The third-order valence-electron chi connectivity index (χ3n) is 17.4. The molecule has 41 nitrogen and oxygen atoms in total. The Bertz CT molecular complexity index is 6130. The number of terminal acetylenes is 2. The molecule has 4 unspecified atom stereocenters. The van der Waals surface area contributed by atoms with E-state index in [1.807, 2.05) is 0 Å². The Hall–Kier alpha value is -13.2. The van der Waals surface area contributed by atoms with Crippen molar-refractivity contribution in [3.05, 3.63) is 256 Å². The molecule has 0 aliphatic carbocycles. The van der Waals surface area contributed by atoms with Gasteiger partial charge in [-0.25, -0.2) is 42.0 Å². The molecule has 46 heteroatoms. The minimum absolute atomic E-state index is 0.0628. The number of methoxy groups -OCH3 is 2. The highest BCUT2D eigenvalue weighted by Crippen LogP contribution is 2.56. The first-order valence-corrected chi connectivity index (χ1v) is 50.7. The van der Waals surface area contributed by atoms with Gasteiger partial charge in [0.25, 0.3) is 0 Å². The molecule has 0 radical (unpaired) electrons. The number of benzene rings is 9. The van der Waals surface area contributed by atoms with Gasteiger partial charge in [-0.15, -0.1) is 0 Å². The number of phosphoric acid groups is 5. The Morgan fingerprint density at radius 3 is 1.15 bits per heavy atom. The quantitative estimate of drug-likeness (QED) is 0.0122. The van der Waals surface area contributed by atoms with Gasteiger partial charge in [-0.05, 0) is 181 Å². The number of para-hydroxylation sites is 5. The van der Waals surface area contributed by atoms with Crippen molar-refractivity contribution in [3.8, 4) is 82.6 Å². The largest absolute Gasteiger partial charge is 0.538 e. The van der Waals surface area contributed by atoms with E-state index < -0.39 is 93.0 Å². The number of carbonyl (C=O) groups excluding carboxylic acids is 10. The van der Waals surface area contributed by atoms with Crippen LogP contribution in [-0.2, 0) is 141 Å². The summed E-state index contributed by atoms with van der Waals surface area (Å²) >= 11 is 0. The van der Waals surface area contributed by atoms with Gasteiger partial charge in [0.2, 0.25) is 5.91 Å². The predicted molar refractivity (Wildman–Crippen MR) is 513 cm³/mol. The molecule has 0 spiro atoms. The molecule has 1 fully saturated rings. The molecular weight excluding hydrogens is 1970 g/mol. The van der Waals surface area contributed by atoms with Gasteiger partial charge in [0.15, 0.2) is 5.78 Å². The van der Waals surface area contributed by atoms with Gasteiger partial charge in [-0.2, -0.15) is 0 Å². The molecule has 1 N–H and O–H groups in total. The standard InChI is InChI=1S/C21H25O9P.C21H21O9P.C20H23O8P.C20H19O8P.C15H20NO6P/c1-5-26-31(24,27-6-2)28-14-16-13-17(11-12-19(16)25-4)30-21(23)18-9-7-8-10-20(18)29-15(3)22;1-5-26-31(24,27-6-2)28-14-16-11-12-17(13-20(16)25-4)30-21(23)18-9-7-8-10-19(18)29-15(3)22;1-4-24-29(23,25-5-2)26-14-16-9-8-10-17(13-16)28-20(22)18-11-6-7-12-19(18)27-15(3)21;1-4-24-29(23,25-5-2)26-14-16-10-12-17(13-11-16)28-20(22)18-8-6-7-9-19(18)27-15(3)21;1-3-20-23(19)21-10-12(22-23)8-9-15(18)13-6-4-5-7-14(13)16-11(2)17/h7-13H,5-6,14H2,1-4H3;1,7-13H,6,14H2,2-4H3;6-13H,4-5,14H2,1-3H3;1,6-13H,5,14H2,2-3H3;4-7,12H,3,8-10H2,1-2H3,(H,16,17). The van der Waals surface area contributed by atoms with E-state index >= 15 is 0 Å². The van der Waals surface area contributed by atoms with Gasteiger partial charge in [0.05, 0.1) is 105 Å². The van der Waals surface area contributed by atoms with Crippen molar-refractivity contribution in [1.82, 2.24) is 0 Å². The van der Waals surface area contributed by atoms with Crippen LogP contribution in [0.25, 0.3) is 0 Å². The van der Waals surface area contributed by atoms with Crippen LogP contribution in [0.1, 0.15) is 170 Å². The summed E-state index contributed by atoms with van der Waals surface area (Å²) in [5.74, 6) is -3.45. The third-order valence-corrected chi connectivity index (χ3v) is 24.9. The number of Topliss-reactive ketones (excluding diaryl/α,β-unsaturated/α-hetero) is 1. The number of hydrogen-bond donors (Lipinski definition) is 1. The maximum atomic E-state index is 12.6. The minimum atomic E-state index is -3.93. The van der Waals surface area contributed by atoms with Crippen LogP contribution >= 0.6 is 39.1 Å². The summed E-state index contributed by atoms with van der Waals surface area (Å²) in [5.41, 5.74) is 3.46. The molecule has 9 aromatic carbocycles. The van der Waals surface area contributed by atoms with E-state index in [1.165, 1.54) is 134 Å². The summed E-state index contributed by atoms with van der Waals surface area (Å²) in [7, 11) is -15.7. The topological polar surface area (TPSA) is 499 Å². The number of carbonyl (C=O) groups is 10. The predicted octanol–water partition coefficient (Wildman–Crippen LogP) is 20.4. The summed E-state index contributed by atoms with van der Waals surface area (Å²) in [6.45, 7) is 18.6. The monoisotopic (exact) mass is 2080 g/mol. The summed E-state index contributed by atoms with van der Waals surface area (Å²) in [6, 6.07) is 53.6. The lowest BCUT2D eigenvalue weighted by Gasteiger charge is -2.17. The number of nitrogens with one attached hydrogen (secondary N) is 1. The number of amides is 1. The van der Waals surface area contributed by atoms with Gasteiger partial charge in [0.1, 0.15) is 92.0 Å². The highest BCUT2D eigenvalue weighted by atomic mass is 31.2. The first kappa shape index (κ1) is 119. The summed E-state index contributed by atoms with van der Waals surface area (Å²) in [4.78, 5) is 118. The van der Waals surface area contributed by atoms with Crippen molar-refractivity contribution in [1.29, 1.82) is 0 Å². The highest BCUT2D eigenvalue weighted by molar-refractivity contribution is 7.49. The number of hydrogen-bond acceptors (Lipinski definition) is 40. The molecule has 10 rings (SSSR count). The van der Waals surface area contributed by atoms with Crippen molar-refractivity contribution in [2.45, 2.75) is 128 Å². The third kappa shape index (κ3) is 41.4. The van der Waals surface area contributed by atoms with E-state index in [0.717, 1.165) is 0 Å². The number of ketones is 1. The molecule has 1 saturated heterocycles. The van der Waals surface area contributed by atoms with Crippen molar-refractivity contribution in [3.63, 3.8) is 0 Å². The number of esters is 8. The van der Waals surface area contributed by atoms with Crippen LogP contribution in [0.3, 0.4) is 0 Å². The van der Waals surface area contributed by atoms with Crippen LogP contribution in [0, 0.1) is 25.1 Å². The zero-order chi connectivity index (χ0) is 105. The molecule has 1 aliphatic rings. The second kappa shape index (κ2) is 61.0. The molecule has 4 atom stereocenters. The second-order valence-corrected chi connectivity index (χ2v) is 36.2. The number of ether oxygens (including phenoxy) is 10. The molecule has 1 amide bonds. The fraction of sp³-hybridized carbons (Fsp3) is 0.299. The van der Waals surface area contributed by atoms with E-state index in [0.29, 0.717) is 51.4 Å². The van der Waals surface area contributed by atoms with Crippen LogP contribution in [0.4, 0.5) is 5.69 Å². The Morgan fingerprint density at radius 1 is 0.364 bits per heavy atom. The molecule has 0 saturated carbocycles. The van der Waals surface area contributed by atoms with Gasteiger partial charge in [-0.1, -0.05) is 97.8 Å². The van der Waals surface area contributed by atoms with Crippen molar-refractivity contribution in [2.24, 2.45) is 0 Å². The number of phosphoric ester groups is 5. The maximum Gasteiger partial charge on any atom is 0.538 e. The molecule has 0 bridgehead atoms. The van der Waals surface area contributed by atoms with Crippen LogP contribution < -0.4 is 52.7 Å². The van der Waals surface area contributed by atoms with Gasteiger partial charge in [-0.3, -0.25) is 87.6 Å². The Labute approximate surface area is 825 Å². The Morgan fingerprint density at radius 2 is 0.727 bits per heavy atom. The number of anilines is 1. The van der Waals surface area contributed by atoms with E-state index in [9.17, 15) is 70.8 Å². The zero-order valence-corrected chi connectivity index (χ0v) is 84.8. The van der Waals surface area contributed by atoms with Crippen molar-refractivity contribution in [2.75, 3.05) is 72.4 Å². The van der Waals surface area contributed by atoms with Crippen molar-refractivity contribution < 1.29 is 186 Å². The average molecular weight is 2080 g/mol. The first-order chi connectivity index (χ1) is 68.3.